The lowest BCUT2D eigenvalue weighted by Crippen LogP contribution is -2.18. The van der Waals surface area contributed by atoms with Crippen molar-refractivity contribution in [3.63, 3.8) is 0 Å². The van der Waals surface area contributed by atoms with E-state index in [2.05, 4.69) is 15.0 Å². The van der Waals surface area contributed by atoms with Gasteiger partial charge in [-0.1, -0.05) is 5.21 Å². The van der Waals surface area contributed by atoms with Crippen molar-refractivity contribution < 1.29 is 19.7 Å². The van der Waals surface area contributed by atoms with Crippen LogP contribution in [0.5, 0.6) is 0 Å². The van der Waals surface area contributed by atoms with Crippen molar-refractivity contribution in [2.24, 2.45) is 5.92 Å². The fraction of sp³-hybridized carbons (Fsp3) is 0.700. The second-order valence-electron chi connectivity index (χ2n) is 4.23. The predicted molar refractivity (Wildman–Crippen MR) is 56.2 cm³/mol. The number of aliphatic hydroxyl groups excluding tert-OH is 2. The number of methoxy groups -OCH3 is 1. The van der Waals surface area contributed by atoms with Gasteiger partial charge in [-0.2, -0.15) is 0 Å². The van der Waals surface area contributed by atoms with Crippen LogP contribution in [0.3, 0.4) is 0 Å². The molecule has 1 aromatic rings. The summed E-state index contributed by atoms with van der Waals surface area (Å²) in [7, 11) is 1.27. The maximum absolute atomic E-state index is 11.2. The molecule has 0 saturated heterocycles. The zero-order chi connectivity index (χ0) is 12.4. The van der Waals surface area contributed by atoms with Gasteiger partial charge in [0.2, 0.25) is 0 Å². The van der Waals surface area contributed by atoms with E-state index < -0.39 is 12.1 Å². The van der Waals surface area contributed by atoms with E-state index >= 15 is 0 Å². The molecule has 7 heteroatoms. The number of esters is 1. The van der Waals surface area contributed by atoms with Gasteiger partial charge in [-0.05, 0) is 18.8 Å². The average Bonchev–Trinajstić information content (AvgIpc) is 2.94. The van der Waals surface area contributed by atoms with Gasteiger partial charge in [0.05, 0.1) is 25.5 Å². The molecule has 1 aliphatic rings. The molecule has 2 rings (SSSR count). The Morgan fingerprint density at radius 1 is 1.65 bits per heavy atom. The minimum absolute atomic E-state index is 0.0477. The third-order valence-electron chi connectivity index (χ3n) is 3.10. The minimum Gasteiger partial charge on any atom is -0.464 e. The summed E-state index contributed by atoms with van der Waals surface area (Å²) in [4.78, 5) is 11.2. The fourth-order valence-electron chi connectivity index (χ4n) is 2.16. The Morgan fingerprint density at radius 3 is 3.00 bits per heavy atom. The number of aliphatic hydroxyl groups is 2. The lowest BCUT2D eigenvalue weighted by molar-refractivity contribution is 0.0593. The highest BCUT2D eigenvalue weighted by molar-refractivity contribution is 5.86. The van der Waals surface area contributed by atoms with Crippen molar-refractivity contribution in [1.29, 1.82) is 0 Å². The van der Waals surface area contributed by atoms with Crippen LogP contribution in [-0.2, 0) is 4.74 Å². The van der Waals surface area contributed by atoms with Crippen molar-refractivity contribution in [3.8, 4) is 0 Å². The van der Waals surface area contributed by atoms with Crippen LogP contribution in [0.1, 0.15) is 29.4 Å². The largest absolute Gasteiger partial charge is 0.464 e. The summed E-state index contributed by atoms with van der Waals surface area (Å²) in [5, 5.41) is 26.4. The van der Waals surface area contributed by atoms with Gasteiger partial charge in [0.15, 0.2) is 5.69 Å². The van der Waals surface area contributed by atoms with Crippen LogP contribution in [0.15, 0.2) is 6.20 Å². The van der Waals surface area contributed by atoms with E-state index in [1.807, 2.05) is 0 Å². The maximum atomic E-state index is 11.2. The summed E-state index contributed by atoms with van der Waals surface area (Å²) >= 11 is 0. The monoisotopic (exact) mass is 241 g/mol. The molecule has 2 N–H and O–H groups in total. The van der Waals surface area contributed by atoms with Crippen molar-refractivity contribution >= 4 is 5.97 Å². The average molecular weight is 241 g/mol. The highest BCUT2D eigenvalue weighted by Gasteiger charge is 2.34. The first-order valence-corrected chi connectivity index (χ1v) is 5.44. The van der Waals surface area contributed by atoms with Crippen molar-refractivity contribution in [1.82, 2.24) is 15.0 Å². The first-order valence-electron chi connectivity index (χ1n) is 5.44. The Morgan fingerprint density at radius 2 is 2.41 bits per heavy atom. The number of ether oxygens (including phenoxy) is 1. The molecule has 7 nitrogen and oxygen atoms in total. The van der Waals surface area contributed by atoms with Crippen LogP contribution >= 0.6 is 0 Å². The molecule has 17 heavy (non-hydrogen) atoms. The van der Waals surface area contributed by atoms with Crippen molar-refractivity contribution in [3.05, 3.63) is 11.9 Å². The molecule has 0 radical (unpaired) electrons. The van der Waals surface area contributed by atoms with Gasteiger partial charge in [-0.15, -0.1) is 5.10 Å². The lowest BCUT2D eigenvalue weighted by Gasteiger charge is -2.13. The lowest BCUT2D eigenvalue weighted by atomic mass is 10.1. The van der Waals surface area contributed by atoms with Gasteiger partial charge in [0.25, 0.3) is 0 Å². The van der Waals surface area contributed by atoms with Crippen molar-refractivity contribution in [2.75, 3.05) is 13.7 Å². The molecule has 3 unspecified atom stereocenters. The Labute approximate surface area is 98.0 Å². The zero-order valence-electron chi connectivity index (χ0n) is 9.48. The molecular weight excluding hydrogens is 226 g/mol. The van der Waals surface area contributed by atoms with Crippen molar-refractivity contribution in [2.45, 2.75) is 25.0 Å². The standard InChI is InChI=1S/C10H15N3O4/c1-17-10(16)7-4-13(12-11-7)8-2-6(5-14)3-9(8)15/h4,6,8-9,14-15H,2-3,5H2,1H3. The quantitative estimate of drug-likeness (QED) is 0.684. The third kappa shape index (κ3) is 2.29. The van der Waals surface area contributed by atoms with E-state index in [4.69, 9.17) is 5.11 Å². The number of rotatable bonds is 3. The van der Waals surface area contributed by atoms with Crippen LogP contribution in [0.2, 0.25) is 0 Å². The number of aromatic nitrogens is 3. The Kier molecular flexibility index (Phi) is 3.39. The highest BCUT2D eigenvalue weighted by atomic mass is 16.5. The predicted octanol–water partition coefficient (Wildman–Crippen LogP) is -0.631. The Bertz CT molecular complexity index is 406. The van der Waals surface area contributed by atoms with Crippen LogP contribution < -0.4 is 0 Å². The van der Waals surface area contributed by atoms with Crippen LogP contribution in [0, 0.1) is 5.92 Å². The molecule has 0 bridgehead atoms. The summed E-state index contributed by atoms with van der Waals surface area (Å²) < 4.78 is 5.99. The molecule has 94 valence electrons. The fourth-order valence-corrected chi connectivity index (χ4v) is 2.16. The Balaban J connectivity index is 2.12. The van der Waals surface area contributed by atoms with Crippen LogP contribution in [-0.4, -0.2) is 51.0 Å². The summed E-state index contributed by atoms with van der Waals surface area (Å²) in [5.41, 5.74) is 0.118. The first kappa shape index (κ1) is 12.0. The van der Waals surface area contributed by atoms with Gasteiger partial charge >= 0.3 is 5.97 Å². The summed E-state index contributed by atoms with van der Waals surface area (Å²) in [5.74, 6) is -0.483. The first-order chi connectivity index (χ1) is 8.15. The number of nitrogens with zero attached hydrogens (tertiary/aromatic N) is 3. The smallest absolute Gasteiger partial charge is 0.360 e. The van der Waals surface area contributed by atoms with E-state index in [9.17, 15) is 9.90 Å². The second kappa shape index (κ2) is 4.80. The third-order valence-corrected chi connectivity index (χ3v) is 3.10. The molecule has 0 amide bonds. The van der Waals surface area contributed by atoms with E-state index in [0.717, 1.165) is 0 Å². The van der Waals surface area contributed by atoms with Gasteiger partial charge in [-0.3, -0.25) is 0 Å². The van der Waals surface area contributed by atoms with E-state index in [-0.39, 0.29) is 24.3 Å². The molecular formula is C10H15N3O4. The zero-order valence-corrected chi connectivity index (χ0v) is 9.48. The maximum Gasteiger partial charge on any atom is 0.360 e. The molecule has 0 aliphatic heterocycles. The van der Waals surface area contributed by atoms with Gasteiger partial charge in [0, 0.05) is 6.61 Å². The number of carbonyl (C=O) groups is 1. The topological polar surface area (TPSA) is 97.5 Å². The second-order valence-corrected chi connectivity index (χ2v) is 4.23. The minimum atomic E-state index is -0.570. The van der Waals surface area contributed by atoms with Gasteiger partial charge in [0.1, 0.15) is 0 Å². The van der Waals surface area contributed by atoms with E-state index in [0.29, 0.717) is 12.8 Å². The molecule has 1 fully saturated rings. The van der Waals surface area contributed by atoms with Gasteiger partial charge in [-0.25, -0.2) is 9.48 Å². The van der Waals surface area contributed by atoms with Crippen LogP contribution in [0.25, 0.3) is 0 Å². The molecule has 1 saturated carbocycles. The summed E-state index contributed by atoms with van der Waals surface area (Å²) in [6.45, 7) is 0.0477. The normalized spacial score (nSPS) is 28.3. The highest BCUT2D eigenvalue weighted by Crippen LogP contribution is 2.34. The SMILES string of the molecule is COC(=O)c1cn(C2CC(CO)CC2O)nn1. The van der Waals surface area contributed by atoms with Crippen LogP contribution in [0.4, 0.5) is 0 Å². The van der Waals surface area contributed by atoms with E-state index in [1.165, 1.54) is 18.0 Å². The molecule has 0 spiro atoms. The molecule has 0 aromatic carbocycles. The van der Waals surface area contributed by atoms with Gasteiger partial charge < -0.3 is 14.9 Å². The number of carbonyl (C=O) groups excluding carboxylic acids is 1. The van der Waals surface area contributed by atoms with E-state index in [1.54, 1.807) is 0 Å². The Hall–Kier alpha value is -1.47. The molecule has 1 heterocycles. The molecule has 1 aliphatic carbocycles. The number of hydrogen-bond donors (Lipinski definition) is 2. The molecule has 3 atom stereocenters. The summed E-state index contributed by atoms with van der Waals surface area (Å²) in [6, 6.07) is -0.238. The summed E-state index contributed by atoms with van der Waals surface area (Å²) in [6.07, 6.45) is 2.05. The molecule has 1 aromatic heterocycles. The number of hydrogen-bond acceptors (Lipinski definition) is 6.